The number of halogens is 2. The number of amides is 1. The Morgan fingerprint density at radius 2 is 1.96 bits per heavy atom. The van der Waals surface area contributed by atoms with Gasteiger partial charge in [-0.05, 0) is 30.9 Å². The van der Waals surface area contributed by atoms with E-state index < -0.39 is 0 Å². The van der Waals surface area contributed by atoms with Crippen molar-refractivity contribution in [1.82, 2.24) is 9.88 Å². The third-order valence-corrected chi connectivity index (χ3v) is 4.67. The fourth-order valence-corrected chi connectivity index (χ4v) is 3.20. The van der Waals surface area contributed by atoms with Crippen LogP contribution in [0.3, 0.4) is 0 Å². The quantitative estimate of drug-likeness (QED) is 0.835. The lowest BCUT2D eigenvalue weighted by Crippen LogP contribution is -2.54. The second-order valence-electron chi connectivity index (χ2n) is 6.94. The summed E-state index contributed by atoms with van der Waals surface area (Å²) in [4.78, 5) is 19.5. The number of hydrogen-bond acceptors (Lipinski definition) is 3. The van der Waals surface area contributed by atoms with Gasteiger partial charge in [0.2, 0.25) is 0 Å². The van der Waals surface area contributed by atoms with Gasteiger partial charge in [-0.1, -0.05) is 32.0 Å². The summed E-state index contributed by atoms with van der Waals surface area (Å²) in [7, 11) is 0. The van der Waals surface area contributed by atoms with Crippen LogP contribution in [0, 0.1) is 12.3 Å². The molecule has 1 unspecified atom stereocenters. The van der Waals surface area contributed by atoms with Gasteiger partial charge >= 0.3 is 0 Å². The molecule has 1 amide bonds. The first-order chi connectivity index (χ1) is 10.4. The number of carbonyl (C=O) groups excluding carboxylic acids is 1. The summed E-state index contributed by atoms with van der Waals surface area (Å²) in [6, 6.07) is 9.86. The summed E-state index contributed by atoms with van der Waals surface area (Å²) in [6.07, 6.45) is 0.848. The van der Waals surface area contributed by atoms with Crippen molar-refractivity contribution in [2.24, 2.45) is 11.1 Å². The number of para-hydroxylation sites is 1. The van der Waals surface area contributed by atoms with Crippen molar-refractivity contribution in [1.29, 1.82) is 0 Å². The van der Waals surface area contributed by atoms with Crippen LogP contribution in [0.4, 0.5) is 0 Å². The molecule has 4 nitrogen and oxygen atoms in total. The van der Waals surface area contributed by atoms with Crippen LogP contribution in [0.15, 0.2) is 30.3 Å². The fraction of sp³-hybridized carbons (Fsp3) is 0.444. The third kappa shape index (κ3) is 3.82. The lowest BCUT2D eigenvalue weighted by molar-refractivity contribution is 0.0534. The maximum Gasteiger partial charge on any atom is 0.254 e. The average molecular weight is 370 g/mol. The van der Waals surface area contributed by atoms with Crippen LogP contribution < -0.4 is 5.73 Å². The van der Waals surface area contributed by atoms with E-state index in [1.807, 2.05) is 42.2 Å². The Hall–Kier alpha value is -1.36. The van der Waals surface area contributed by atoms with E-state index in [0.29, 0.717) is 6.54 Å². The summed E-state index contributed by atoms with van der Waals surface area (Å²) in [5.41, 5.74) is 8.62. The van der Waals surface area contributed by atoms with E-state index in [1.165, 1.54) is 0 Å². The van der Waals surface area contributed by atoms with Crippen LogP contribution >= 0.6 is 24.8 Å². The SMILES string of the molecule is Cc1cc(C(=O)N2CCC(N)C(C)(C)C2)c2ccccc2n1.Cl.Cl. The number of aromatic nitrogens is 1. The molecule has 1 aromatic heterocycles. The number of piperidine rings is 1. The van der Waals surface area contributed by atoms with Gasteiger partial charge in [0.05, 0.1) is 11.1 Å². The topological polar surface area (TPSA) is 59.2 Å². The number of hydrogen-bond donors (Lipinski definition) is 1. The molecule has 1 aromatic carbocycles. The molecule has 1 fully saturated rings. The highest BCUT2D eigenvalue weighted by Crippen LogP contribution is 2.29. The number of benzene rings is 1. The van der Waals surface area contributed by atoms with Crippen LogP contribution in [-0.4, -0.2) is 34.9 Å². The van der Waals surface area contributed by atoms with Crippen molar-refractivity contribution in [3.8, 4) is 0 Å². The molecule has 0 aliphatic carbocycles. The Balaban J connectivity index is 0.00000144. The Labute approximate surface area is 155 Å². The minimum atomic E-state index is -0.0498. The van der Waals surface area contributed by atoms with Gasteiger partial charge in [0.15, 0.2) is 0 Å². The van der Waals surface area contributed by atoms with Crippen LogP contribution in [0.2, 0.25) is 0 Å². The normalized spacial score (nSPS) is 19.3. The van der Waals surface area contributed by atoms with E-state index in [4.69, 9.17) is 5.73 Å². The highest BCUT2D eigenvalue weighted by atomic mass is 35.5. The number of nitrogens with two attached hydrogens (primary N) is 1. The molecule has 1 atom stereocenters. The lowest BCUT2D eigenvalue weighted by atomic mass is 9.79. The third-order valence-electron chi connectivity index (χ3n) is 4.67. The maximum absolute atomic E-state index is 13.0. The van der Waals surface area contributed by atoms with Crippen LogP contribution in [0.25, 0.3) is 10.9 Å². The van der Waals surface area contributed by atoms with Crippen molar-refractivity contribution in [2.75, 3.05) is 13.1 Å². The summed E-state index contributed by atoms with van der Waals surface area (Å²) < 4.78 is 0. The molecule has 6 heteroatoms. The molecule has 0 radical (unpaired) electrons. The van der Waals surface area contributed by atoms with Gasteiger partial charge < -0.3 is 10.6 Å². The van der Waals surface area contributed by atoms with Crippen LogP contribution in [-0.2, 0) is 0 Å². The van der Waals surface area contributed by atoms with E-state index in [9.17, 15) is 4.79 Å². The number of likely N-dealkylation sites (tertiary alicyclic amines) is 1. The predicted octanol–water partition coefficient (Wildman–Crippen LogP) is 3.59. The second kappa shape index (κ2) is 7.68. The minimum absolute atomic E-state index is 0. The molecule has 3 rings (SSSR count). The molecular weight excluding hydrogens is 345 g/mol. The Morgan fingerprint density at radius 3 is 2.62 bits per heavy atom. The Morgan fingerprint density at radius 1 is 1.29 bits per heavy atom. The molecule has 1 saturated heterocycles. The van der Waals surface area contributed by atoms with Crippen LogP contribution in [0.1, 0.15) is 36.3 Å². The zero-order valence-electron chi connectivity index (χ0n) is 14.3. The average Bonchev–Trinajstić information content (AvgIpc) is 2.48. The molecule has 2 aromatic rings. The van der Waals surface area contributed by atoms with Gasteiger partial charge in [-0.2, -0.15) is 0 Å². The molecule has 0 spiro atoms. The monoisotopic (exact) mass is 369 g/mol. The molecule has 1 aliphatic heterocycles. The van der Waals surface area contributed by atoms with Crippen molar-refractivity contribution >= 4 is 41.6 Å². The van der Waals surface area contributed by atoms with Gasteiger partial charge in [0.1, 0.15) is 0 Å². The molecule has 0 saturated carbocycles. The Bertz CT molecular complexity index is 733. The zero-order valence-corrected chi connectivity index (χ0v) is 15.9. The number of pyridine rings is 1. The fourth-order valence-electron chi connectivity index (χ4n) is 3.20. The van der Waals surface area contributed by atoms with E-state index >= 15 is 0 Å². The van der Waals surface area contributed by atoms with Gasteiger partial charge in [0.25, 0.3) is 5.91 Å². The van der Waals surface area contributed by atoms with Crippen molar-refractivity contribution in [2.45, 2.75) is 33.2 Å². The lowest BCUT2D eigenvalue weighted by Gasteiger charge is -2.42. The highest BCUT2D eigenvalue weighted by molar-refractivity contribution is 6.06. The molecule has 1 aliphatic rings. The van der Waals surface area contributed by atoms with Gasteiger partial charge in [-0.15, -0.1) is 24.8 Å². The number of nitrogens with zero attached hydrogens (tertiary/aromatic N) is 2. The minimum Gasteiger partial charge on any atom is -0.338 e. The summed E-state index contributed by atoms with van der Waals surface area (Å²) >= 11 is 0. The van der Waals surface area contributed by atoms with E-state index in [0.717, 1.165) is 35.1 Å². The standard InChI is InChI=1S/C18H23N3O.2ClH/c1-12-10-14(13-6-4-5-7-15(13)20-12)17(22)21-9-8-16(19)18(2,3)11-21;;/h4-7,10,16H,8-9,11,19H2,1-3H3;2*1H. The number of fused-ring (bicyclic) bond motifs is 1. The largest absolute Gasteiger partial charge is 0.338 e. The summed E-state index contributed by atoms with van der Waals surface area (Å²) in [5, 5.41) is 0.922. The molecule has 0 bridgehead atoms. The maximum atomic E-state index is 13.0. The summed E-state index contributed by atoms with van der Waals surface area (Å²) in [6.45, 7) is 7.61. The second-order valence-corrected chi connectivity index (χ2v) is 6.94. The molecule has 24 heavy (non-hydrogen) atoms. The van der Waals surface area contributed by atoms with Gasteiger partial charge in [-0.25, -0.2) is 0 Å². The van der Waals surface area contributed by atoms with E-state index in [1.54, 1.807) is 0 Å². The number of aryl methyl sites for hydroxylation is 1. The smallest absolute Gasteiger partial charge is 0.254 e. The highest BCUT2D eigenvalue weighted by Gasteiger charge is 2.35. The zero-order chi connectivity index (χ0) is 15.9. The van der Waals surface area contributed by atoms with Crippen molar-refractivity contribution in [3.63, 3.8) is 0 Å². The molecular formula is C18H25Cl2N3O. The number of rotatable bonds is 1. The van der Waals surface area contributed by atoms with Crippen LogP contribution in [0.5, 0.6) is 0 Å². The first-order valence-electron chi connectivity index (χ1n) is 7.80. The summed E-state index contributed by atoms with van der Waals surface area (Å²) in [5.74, 6) is 0.0849. The van der Waals surface area contributed by atoms with E-state index in [2.05, 4.69) is 18.8 Å². The Kier molecular flexibility index (Phi) is 6.62. The van der Waals surface area contributed by atoms with Crippen molar-refractivity contribution in [3.05, 3.63) is 41.6 Å². The first kappa shape index (κ1) is 20.7. The van der Waals surface area contributed by atoms with Gasteiger partial charge in [0, 0.05) is 30.2 Å². The first-order valence-corrected chi connectivity index (χ1v) is 7.80. The number of carbonyl (C=O) groups is 1. The van der Waals surface area contributed by atoms with Crippen molar-refractivity contribution < 1.29 is 4.79 Å². The molecule has 2 N–H and O–H groups in total. The van der Waals surface area contributed by atoms with E-state index in [-0.39, 0.29) is 42.2 Å². The predicted molar refractivity (Wildman–Crippen MR) is 103 cm³/mol. The molecule has 132 valence electrons. The van der Waals surface area contributed by atoms with Gasteiger partial charge in [-0.3, -0.25) is 9.78 Å². The molecule has 2 heterocycles.